The highest BCUT2D eigenvalue weighted by Gasteiger charge is 2.13. The summed E-state index contributed by atoms with van der Waals surface area (Å²) in [5.74, 6) is 1.62. The lowest BCUT2D eigenvalue weighted by molar-refractivity contribution is 0.412. The predicted octanol–water partition coefficient (Wildman–Crippen LogP) is 5.24. The van der Waals surface area contributed by atoms with E-state index in [1.807, 2.05) is 24.3 Å². The fraction of sp³-hybridized carbons (Fsp3) is 0.0476. The number of rotatable bonds is 4. The van der Waals surface area contributed by atoms with Crippen molar-refractivity contribution in [2.45, 2.75) is 0 Å². The lowest BCUT2D eigenvalue weighted by Crippen LogP contribution is -1.97. The second-order valence-corrected chi connectivity index (χ2v) is 5.63. The van der Waals surface area contributed by atoms with Crippen LogP contribution in [-0.4, -0.2) is 17.1 Å². The molecule has 0 atom stereocenters. The van der Waals surface area contributed by atoms with Crippen molar-refractivity contribution < 1.29 is 13.9 Å². The van der Waals surface area contributed by atoms with E-state index in [9.17, 15) is 4.39 Å². The summed E-state index contributed by atoms with van der Waals surface area (Å²) in [6.07, 6.45) is 0. The lowest BCUT2D eigenvalue weighted by Gasteiger charge is -2.11. The Hall–Kier alpha value is -3.47. The fourth-order valence-electron chi connectivity index (χ4n) is 2.64. The molecule has 0 saturated heterocycles. The Kier molecular flexibility index (Phi) is 4.19. The second-order valence-electron chi connectivity index (χ2n) is 5.63. The molecular formula is C21H15FN2O2. The third-order valence-corrected chi connectivity index (χ3v) is 3.96. The topological polar surface area (TPSA) is 44.2 Å². The number of hydrogen-bond acceptors (Lipinski definition) is 4. The van der Waals surface area contributed by atoms with E-state index >= 15 is 0 Å². The molecule has 4 nitrogen and oxygen atoms in total. The van der Waals surface area contributed by atoms with E-state index in [0.29, 0.717) is 22.7 Å². The molecule has 0 fully saturated rings. The summed E-state index contributed by atoms with van der Waals surface area (Å²) in [5, 5.41) is 0.753. The third kappa shape index (κ3) is 3.07. The smallest absolute Gasteiger partial charge is 0.230 e. The molecule has 4 rings (SSSR count). The van der Waals surface area contributed by atoms with Crippen LogP contribution in [0.1, 0.15) is 0 Å². The molecule has 5 heteroatoms. The maximum atomic E-state index is 14.2. The van der Waals surface area contributed by atoms with Gasteiger partial charge in [0.1, 0.15) is 17.3 Å². The van der Waals surface area contributed by atoms with Gasteiger partial charge in [0.2, 0.25) is 5.88 Å². The van der Waals surface area contributed by atoms with Crippen molar-refractivity contribution >= 4 is 10.9 Å². The SMILES string of the molecule is COc1ccc(Oc2nc(-c3ccccc3F)nc3ccccc23)cc1. The number of para-hydroxylation sites is 1. The summed E-state index contributed by atoms with van der Waals surface area (Å²) >= 11 is 0. The molecule has 128 valence electrons. The number of hydrogen-bond donors (Lipinski definition) is 0. The number of benzene rings is 3. The first-order valence-corrected chi connectivity index (χ1v) is 8.08. The van der Waals surface area contributed by atoms with Gasteiger partial charge < -0.3 is 9.47 Å². The van der Waals surface area contributed by atoms with Gasteiger partial charge >= 0.3 is 0 Å². The van der Waals surface area contributed by atoms with Gasteiger partial charge in [0, 0.05) is 0 Å². The maximum absolute atomic E-state index is 14.2. The van der Waals surface area contributed by atoms with E-state index in [1.54, 1.807) is 49.6 Å². The minimum Gasteiger partial charge on any atom is -0.497 e. The van der Waals surface area contributed by atoms with Crippen LogP contribution in [0.25, 0.3) is 22.3 Å². The van der Waals surface area contributed by atoms with Crippen LogP contribution in [0.3, 0.4) is 0 Å². The highest BCUT2D eigenvalue weighted by atomic mass is 19.1. The minimum absolute atomic E-state index is 0.283. The molecule has 0 aliphatic rings. The van der Waals surface area contributed by atoms with Crippen molar-refractivity contribution in [3.8, 4) is 28.8 Å². The number of methoxy groups -OCH3 is 1. The van der Waals surface area contributed by atoms with E-state index in [0.717, 1.165) is 11.1 Å². The van der Waals surface area contributed by atoms with Gasteiger partial charge in [-0.1, -0.05) is 24.3 Å². The largest absolute Gasteiger partial charge is 0.497 e. The van der Waals surface area contributed by atoms with Gasteiger partial charge in [-0.25, -0.2) is 9.37 Å². The predicted molar refractivity (Wildman–Crippen MR) is 98.0 cm³/mol. The number of halogens is 1. The first-order valence-electron chi connectivity index (χ1n) is 8.08. The molecule has 1 aromatic heterocycles. The van der Waals surface area contributed by atoms with E-state index in [1.165, 1.54) is 6.07 Å². The van der Waals surface area contributed by atoms with Gasteiger partial charge in [0.05, 0.1) is 23.6 Å². The van der Waals surface area contributed by atoms with Crippen LogP contribution in [0, 0.1) is 5.82 Å². The fourth-order valence-corrected chi connectivity index (χ4v) is 2.64. The molecule has 0 N–H and O–H groups in total. The van der Waals surface area contributed by atoms with Gasteiger partial charge in [0.15, 0.2) is 5.82 Å². The minimum atomic E-state index is -0.377. The van der Waals surface area contributed by atoms with E-state index < -0.39 is 0 Å². The Morgan fingerprint density at radius 2 is 1.46 bits per heavy atom. The highest BCUT2D eigenvalue weighted by molar-refractivity contribution is 5.85. The maximum Gasteiger partial charge on any atom is 0.230 e. The van der Waals surface area contributed by atoms with Crippen molar-refractivity contribution in [3.63, 3.8) is 0 Å². The molecule has 0 spiro atoms. The van der Waals surface area contributed by atoms with E-state index in [4.69, 9.17) is 9.47 Å². The molecule has 0 aliphatic heterocycles. The van der Waals surface area contributed by atoms with Crippen LogP contribution in [0.4, 0.5) is 4.39 Å². The average Bonchev–Trinajstić information content (AvgIpc) is 2.69. The van der Waals surface area contributed by atoms with Crippen molar-refractivity contribution in [2.24, 2.45) is 0 Å². The van der Waals surface area contributed by atoms with Gasteiger partial charge in [-0.3, -0.25) is 0 Å². The molecule has 0 unspecified atom stereocenters. The Bertz CT molecular complexity index is 1070. The van der Waals surface area contributed by atoms with Crippen LogP contribution < -0.4 is 9.47 Å². The zero-order valence-corrected chi connectivity index (χ0v) is 14.0. The molecular weight excluding hydrogens is 331 g/mol. The number of aromatic nitrogens is 2. The lowest BCUT2D eigenvalue weighted by atomic mass is 10.2. The van der Waals surface area contributed by atoms with Crippen molar-refractivity contribution in [3.05, 3.63) is 78.6 Å². The highest BCUT2D eigenvalue weighted by Crippen LogP contribution is 2.31. The number of fused-ring (bicyclic) bond motifs is 1. The zero-order chi connectivity index (χ0) is 17.9. The third-order valence-electron chi connectivity index (χ3n) is 3.96. The Balaban J connectivity index is 1.83. The first-order chi connectivity index (χ1) is 12.7. The Labute approximate surface area is 149 Å². The Morgan fingerprint density at radius 3 is 2.23 bits per heavy atom. The van der Waals surface area contributed by atoms with Crippen molar-refractivity contribution in [1.29, 1.82) is 0 Å². The standard InChI is InChI=1S/C21H15FN2O2/c1-25-14-10-12-15(13-11-14)26-21-17-7-3-5-9-19(17)23-20(24-21)16-6-2-4-8-18(16)22/h2-13H,1H3. The van der Waals surface area contributed by atoms with Gasteiger partial charge in [-0.15, -0.1) is 0 Å². The summed E-state index contributed by atoms with van der Waals surface area (Å²) in [7, 11) is 1.61. The van der Waals surface area contributed by atoms with Crippen LogP contribution in [0.5, 0.6) is 17.4 Å². The summed E-state index contributed by atoms with van der Waals surface area (Å²) in [6, 6.07) is 21.1. The molecule has 0 amide bonds. The van der Waals surface area contributed by atoms with E-state index in [-0.39, 0.29) is 11.6 Å². The van der Waals surface area contributed by atoms with Crippen molar-refractivity contribution in [2.75, 3.05) is 7.11 Å². The summed E-state index contributed by atoms with van der Waals surface area (Å²) in [6.45, 7) is 0. The molecule has 26 heavy (non-hydrogen) atoms. The molecule has 1 heterocycles. The summed E-state index contributed by atoms with van der Waals surface area (Å²) < 4.78 is 25.3. The van der Waals surface area contributed by atoms with Crippen LogP contribution in [0.15, 0.2) is 72.8 Å². The Morgan fingerprint density at radius 1 is 0.769 bits per heavy atom. The van der Waals surface area contributed by atoms with Crippen LogP contribution in [0.2, 0.25) is 0 Å². The van der Waals surface area contributed by atoms with Crippen LogP contribution >= 0.6 is 0 Å². The van der Waals surface area contributed by atoms with E-state index in [2.05, 4.69) is 9.97 Å². The normalized spacial score (nSPS) is 10.7. The molecule has 4 aromatic rings. The number of nitrogens with zero attached hydrogens (tertiary/aromatic N) is 2. The molecule has 3 aromatic carbocycles. The quantitative estimate of drug-likeness (QED) is 0.507. The van der Waals surface area contributed by atoms with Gasteiger partial charge in [0.25, 0.3) is 0 Å². The summed E-state index contributed by atoms with van der Waals surface area (Å²) in [5.41, 5.74) is 1.02. The molecule has 0 bridgehead atoms. The molecule has 0 aliphatic carbocycles. The first kappa shape index (κ1) is 16.0. The zero-order valence-electron chi connectivity index (χ0n) is 14.0. The monoisotopic (exact) mass is 346 g/mol. The number of ether oxygens (including phenoxy) is 2. The molecule has 0 radical (unpaired) electrons. The average molecular weight is 346 g/mol. The van der Waals surface area contributed by atoms with Crippen LogP contribution in [-0.2, 0) is 0 Å². The summed E-state index contributed by atoms with van der Waals surface area (Å²) in [4.78, 5) is 8.95. The van der Waals surface area contributed by atoms with Gasteiger partial charge in [-0.2, -0.15) is 4.98 Å². The van der Waals surface area contributed by atoms with Crippen molar-refractivity contribution in [1.82, 2.24) is 9.97 Å². The second kappa shape index (κ2) is 6.80. The van der Waals surface area contributed by atoms with Gasteiger partial charge in [-0.05, 0) is 48.5 Å². The molecule has 0 saturated carbocycles.